The van der Waals surface area contributed by atoms with E-state index in [1.54, 1.807) is 17.9 Å². The highest BCUT2D eigenvalue weighted by molar-refractivity contribution is 5.87. The van der Waals surface area contributed by atoms with Crippen molar-refractivity contribution in [2.45, 2.75) is 135 Å². The van der Waals surface area contributed by atoms with Gasteiger partial charge in [0.05, 0.1) is 6.61 Å². The summed E-state index contributed by atoms with van der Waals surface area (Å²) in [5.41, 5.74) is 2.82. The van der Waals surface area contributed by atoms with Crippen LogP contribution in [0.15, 0.2) is 66.8 Å². The second-order valence-corrected chi connectivity index (χ2v) is 17.1. The number of esters is 1. The van der Waals surface area contributed by atoms with Gasteiger partial charge >= 0.3 is 18.2 Å². The number of aliphatic hydroxyl groups is 1. The molecule has 2 aromatic carbocycles. The second kappa shape index (κ2) is 22.5. The Balaban J connectivity index is 1.30. The zero-order chi connectivity index (χ0) is 43.0. The van der Waals surface area contributed by atoms with Crippen LogP contribution in [-0.4, -0.2) is 91.2 Å². The maximum Gasteiger partial charge on any atom is 0.410 e. The maximum atomic E-state index is 13.6. The van der Waals surface area contributed by atoms with Gasteiger partial charge in [-0.3, -0.25) is 4.79 Å². The smallest absolute Gasteiger partial charge is 0.410 e. The summed E-state index contributed by atoms with van der Waals surface area (Å²) in [5.74, 6) is 0.534. The van der Waals surface area contributed by atoms with E-state index in [1.165, 1.54) is 44.1 Å². The van der Waals surface area contributed by atoms with Gasteiger partial charge in [-0.25, -0.2) is 14.4 Å². The van der Waals surface area contributed by atoms with Gasteiger partial charge in [-0.05, 0) is 105 Å². The number of amides is 2. The van der Waals surface area contributed by atoms with Crippen LogP contribution in [0.2, 0.25) is 0 Å². The van der Waals surface area contributed by atoms with Crippen molar-refractivity contribution in [3.63, 3.8) is 0 Å². The number of rotatable bonds is 24. The lowest BCUT2D eigenvalue weighted by atomic mass is 9.70. The van der Waals surface area contributed by atoms with Gasteiger partial charge in [0.1, 0.15) is 37.6 Å². The normalized spacial score (nSPS) is 20.5. The predicted molar refractivity (Wildman–Crippen MR) is 227 cm³/mol. The van der Waals surface area contributed by atoms with Crippen molar-refractivity contribution in [1.29, 1.82) is 0 Å². The Morgan fingerprint density at radius 3 is 2.25 bits per heavy atom. The Morgan fingerprint density at radius 2 is 1.58 bits per heavy atom. The zero-order valence-electron chi connectivity index (χ0n) is 35.9. The first-order chi connectivity index (χ1) is 28.2. The first-order valence-electron chi connectivity index (χ1n) is 21.1. The fraction of sp³-hybridized carbons (Fsp3) is 0.574. The third-order valence-corrected chi connectivity index (χ3v) is 11.2. The summed E-state index contributed by atoms with van der Waals surface area (Å²) in [6, 6.07) is 13.0. The number of aliphatic hydroxyl groups excluding tert-OH is 1. The number of likely N-dealkylation sites (tertiary alicyclic amines) is 1. The molecular formula is C47H66N2O10. The third-order valence-electron chi connectivity index (χ3n) is 11.2. The molecule has 2 aliphatic rings. The van der Waals surface area contributed by atoms with E-state index in [0.29, 0.717) is 49.3 Å². The molecule has 2 aromatic rings. The maximum absolute atomic E-state index is 13.6. The van der Waals surface area contributed by atoms with Crippen LogP contribution in [0.3, 0.4) is 0 Å². The molecule has 59 heavy (non-hydrogen) atoms. The lowest BCUT2D eigenvalue weighted by Crippen LogP contribution is -2.52. The summed E-state index contributed by atoms with van der Waals surface area (Å²) >= 11 is 0. The summed E-state index contributed by atoms with van der Waals surface area (Å²) < 4.78 is 28.8. The summed E-state index contributed by atoms with van der Waals surface area (Å²) in [5, 5.41) is 13.1. The van der Waals surface area contributed by atoms with E-state index in [-0.39, 0.29) is 36.9 Å². The van der Waals surface area contributed by atoms with Crippen molar-refractivity contribution in [1.82, 2.24) is 10.2 Å². The highest BCUT2D eigenvalue weighted by Gasteiger charge is 2.56. The molecule has 5 unspecified atom stereocenters. The molecule has 5 atom stereocenters. The highest BCUT2D eigenvalue weighted by Crippen LogP contribution is 2.51. The lowest BCUT2D eigenvalue weighted by molar-refractivity contribution is -0.142. The van der Waals surface area contributed by atoms with Gasteiger partial charge in [0.15, 0.2) is 12.2 Å². The van der Waals surface area contributed by atoms with Crippen LogP contribution in [-0.2, 0) is 36.6 Å². The topological polar surface area (TPSA) is 150 Å². The van der Waals surface area contributed by atoms with Gasteiger partial charge in [-0.1, -0.05) is 83.7 Å². The van der Waals surface area contributed by atoms with Crippen molar-refractivity contribution in [2.75, 3.05) is 33.0 Å². The van der Waals surface area contributed by atoms with Gasteiger partial charge in [-0.15, -0.1) is 0 Å². The summed E-state index contributed by atoms with van der Waals surface area (Å²) in [4.78, 5) is 52.0. The molecule has 0 radical (unpaired) electrons. The Kier molecular flexibility index (Phi) is 17.9. The first kappa shape index (κ1) is 46.8. The molecule has 2 fully saturated rings. The van der Waals surface area contributed by atoms with E-state index < -0.39 is 42.5 Å². The number of unbranched alkanes of at least 4 members (excludes halogenated alkanes) is 6. The number of allylic oxidation sites excluding steroid dienone is 1. The molecule has 4 rings (SSSR count). The van der Waals surface area contributed by atoms with E-state index in [9.17, 15) is 24.3 Å². The van der Waals surface area contributed by atoms with Crippen LogP contribution in [0.1, 0.15) is 109 Å². The van der Waals surface area contributed by atoms with E-state index in [1.807, 2.05) is 50.2 Å². The summed E-state index contributed by atoms with van der Waals surface area (Å²) in [6.45, 7) is 16.8. The van der Waals surface area contributed by atoms with Crippen molar-refractivity contribution in [3.05, 3.63) is 83.5 Å². The summed E-state index contributed by atoms with van der Waals surface area (Å²) in [7, 11) is 0. The van der Waals surface area contributed by atoms with E-state index in [0.717, 1.165) is 30.3 Å². The largest absolute Gasteiger partial charge is 0.490 e. The molecule has 12 heteroatoms. The van der Waals surface area contributed by atoms with Crippen LogP contribution in [0.5, 0.6) is 11.5 Å². The molecule has 2 N–H and O–H groups in total. The number of carbonyl (C=O) groups is 4. The molecule has 1 aliphatic carbocycles. The number of ether oxygens (including phenoxy) is 5. The van der Waals surface area contributed by atoms with Crippen molar-refractivity contribution in [3.8, 4) is 11.5 Å². The van der Waals surface area contributed by atoms with Crippen LogP contribution in [0, 0.1) is 12.3 Å². The van der Waals surface area contributed by atoms with Crippen molar-refractivity contribution >= 4 is 24.4 Å². The van der Waals surface area contributed by atoms with E-state index in [4.69, 9.17) is 23.7 Å². The Labute approximate surface area is 350 Å². The van der Waals surface area contributed by atoms with Gasteiger partial charge in [0, 0.05) is 30.1 Å². The van der Waals surface area contributed by atoms with Gasteiger partial charge in [0.2, 0.25) is 0 Å². The Bertz CT molecular complexity index is 1740. The second-order valence-electron chi connectivity index (χ2n) is 17.1. The fourth-order valence-corrected chi connectivity index (χ4v) is 8.27. The number of carbonyl (C=O) groups excluding carboxylic acids is 4. The third kappa shape index (κ3) is 14.7. The van der Waals surface area contributed by atoms with Crippen LogP contribution < -0.4 is 14.8 Å². The number of aryl methyl sites for hydroxylation is 2. The van der Waals surface area contributed by atoms with Crippen LogP contribution in [0.4, 0.5) is 9.59 Å². The summed E-state index contributed by atoms with van der Waals surface area (Å²) in [6.07, 6.45) is 9.57. The Morgan fingerprint density at radius 1 is 0.915 bits per heavy atom. The minimum Gasteiger partial charge on any atom is -0.490 e. The standard InChI is InChI=1S/C47H66N2O10/c1-8-9-10-11-12-13-14-15-36-17-20-39(21-18-36)55-29-42(30-57-43(52)33(2)3)58-44(53)48-38-24-46(6)31-47(7,25-38)49(32-46)45(54)59-41(27-51)28-56-40-19-16-35(5)37(23-40)22-34(4)26-50/h16-21,23,26,38,41-42,51H,2,4,8-15,22,24-25,27-32H2,1,3,5-7H3,(H,48,53). The quantitative estimate of drug-likeness (QED) is 0.0348. The molecule has 2 amide bonds. The number of benzene rings is 2. The van der Waals surface area contributed by atoms with Crippen LogP contribution in [0.25, 0.3) is 0 Å². The average Bonchev–Trinajstić information content (AvgIpc) is 3.40. The molecule has 0 aromatic heterocycles. The van der Waals surface area contributed by atoms with E-state index >= 15 is 0 Å². The molecule has 1 aliphatic heterocycles. The number of aldehydes is 1. The molecule has 0 spiro atoms. The molecule has 12 nitrogen and oxygen atoms in total. The van der Waals surface area contributed by atoms with Gasteiger partial charge < -0.3 is 39.0 Å². The van der Waals surface area contributed by atoms with Crippen molar-refractivity contribution in [2.24, 2.45) is 5.41 Å². The van der Waals surface area contributed by atoms with E-state index in [2.05, 4.69) is 32.3 Å². The van der Waals surface area contributed by atoms with Gasteiger partial charge in [0.25, 0.3) is 0 Å². The predicted octanol–water partition coefficient (Wildman–Crippen LogP) is 8.39. The molecular weight excluding hydrogens is 753 g/mol. The number of hydrogen-bond acceptors (Lipinski definition) is 10. The van der Waals surface area contributed by atoms with Crippen molar-refractivity contribution < 1.29 is 48.0 Å². The van der Waals surface area contributed by atoms with Gasteiger partial charge in [-0.2, -0.15) is 0 Å². The highest BCUT2D eigenvalue weighted by atomic mass is 16.6. The Hall–Kier alpha value is -4.84. The fourth-order valence-electron chi connectivity index (χ4n) is 8.27. The minimum absolute atomic E-state index is 0.0373. The molecule has 1 saturated heterocycles. The minimum atomic E-state index is -0.927. The first-order valence-corrected chi connectivity index (χ1v) is 21.1. The SMILES string of the molecule is C=C(C=O)Cc1cc(OCC(CO)OC(=O)N2CC3(C)CC(NC(=O)OC(COC(=O)C(=C)C)COc4ccc(CCCCCCCCC)cc4)CC2(C)C3)ccc1C. The molecule has 1 saturated carbocycles. The molecule has 1 heterocycles. The zero-order valence-corrected chi connectivity index (χ0v) is 35.9. The monoisotopic (exact) mass is 818 g/mol. The molecule has 324 valence electrons. The molecule has 2 bridgehead atoms. The number of alkyl carbamates (subject to hydrolysis) is 1. The van der Waals surface area contributed by atoms with Crippen LogP contribution >= 0.6 is 0 Å². The lowest BCUT2D eigenvalue weighted by Gasteiger charge is -2.41. The number of nitrogens with zero attached hydrogens (tertiary/aromatic N) is 1. The average molecular weight is 819 g/mol. The number of fused-ring (bicyclic) bond motifs is 2. The number of hydrogen-bond donors (Lipinski definition) is 2. The number of nitrogens with one attached hydrogen (secondary N) is 1.